The van der Waals surface area contributed by atoms with Gasteiger partial charge < -0.3 is 0 Å². The van der Waals surface area contributed by atoms with Crippen molar-refractivity contribution in [1.82, 2.24) is 9.78 Å². The Morgan fingerprint density at radius 2 is 1.58 bits per heavy atom. The van der Waals surface area contributed by atoms with Crippen LogP contribution in [0.1, 0.15) is 11.3 Å². The van der Waals surface area contributed by atoms with E-state index in [0.29, 0.717) is 5.56 Å². The highest BCUT2D eigenvalue weighted by Crippen LogP contribution is 2.36. The zero-order chi connectivity index (χ0) is 19.1. The van der Waals surface area contributed by atoms with Gasteiger partial charge in [-0.2, -0.15) is 18.3 Å². The number of sulfonamides is 1. The molecule has 136 valence electrons. The molecule has 3 rings (SSSR count). The standard InChI is InChI=1S/C17H14F3N3O2S/c1-11-2-4-12(5-3-11)15-10-23(22-16(15)17(18,19)20)13-6-8-14(9-7-13)26(21,24)25/h2-10H,1H3,(H2,21,24,25). The Morgan fingerprint density at radius 1 is 1.00 bits per heavy atom. The Morgan fingerprint density at radius 3 is 2.08 bits per heavy atom. The number of hydrogen-bond acceptors (Lipinski definition) is 3. The molecule has 1 heterocycles. The molecular formula is C17H14F3N3O2S. The molecule has 3 aromatic rings. The number of rotatable bonds is 3. The van der Waals surface area contributed by atoms with Crippen LogP contribution in [0.25, 0.3) is 16.8 Å². The fourth-order valence-corrected chi connectivity index (χ4v) is 2.96. The van der Waals surface area contributed by atoms with E-state index in [1.807, 2.05) is 6.92 Å². The van der Waals surface area contributed by atoms with E-state index in [-0.39, 0.29) is 16.1 Å². The lowest BCUT2D eigenvalue weighted by atomic mass is 10.0. The van der Waals surface area contributed by atoms with Gasteiger partial charge in [-0.1, -0.05) is 29.8 Å². The van der Waals surface area contributed by atoms with Crippen molar-refractivity contribution in [2.45, 2.75) is 18.0 Å². The van der Waals surface area contributed by atoms with E-state index >= 15 is 0 Å². The molecule has 0 unspecified atom stereocenters. The number of nitrogens with two attached hydrogens (primary N) is 1. The summed E-state index contributed by atoms with van der Waals surface area (Å²) in [4.78, 5) is -0.136. The van der Waals surface area contributed by atoms with Crippen molar-refractivity contribution in [3.8, 4) is 16.8 Å². The zero-order valence-corrected chi connectivity index (χ0v) is 14.3. The number of alkyl halides is 3. The molecule has 1 aromatic heterocycles. The van der Waals surface area contributed by atoms with Gasteiger partial charge in [0.2, 0.25) is 10.0 Å². The van der Waals surface area contributed by atoms with E-state index in [9.17, 15) is 21.6 Å². The summed E-state index contributed by atoms with van der Waals surface area (Å²) in [6.07, 6.45) is -3.37. The largest absolute Gasteiger partial charge is 0.435 e. The third kappa shape index (κ3) is 3.63. The Labute approximate surface area is 147 Å². The van der Waals surface area contributed by atoms with Gasteiger partial charge in [0.15, 0.2) is 5.69 Å². The molecule has 26 heavy (non-hydrogen) atoms. The monoisotopic (exact) mass is 381 g/mol. The van der Waals surface area contributed by atoms with Crippen LogP contribution in [0.5, 0.6) is 0 Å². The van der Waals surface area contributed by atoms with Gasteiger partial charge in [0.1, 0.15) is 0 Å². The summed E-state index contributed by atoms with van der Waals surface area (Å²) >= 11 is 0. The second-order valence-corrected chi connectivity index (χ2v) is 7.30. The van der Waals surface area contributed by atoms with Gasteiger partial charge in [-0.25, -0.2) is 18.2 Å². The molecule has 2 N–H and O–H groups in total. The summed E-state index contributed by atoms with van der Waals surface area (Å²) in [6, 6.07) is 11.7. The summed E-state index contributed by atoms with van der Waals surface area (Å²) < 4.78 is 63.8. The zero-order valence-electron chi connectivity index (χ0n) is 13.5. The third-order valence-electron chi connectivity index (χ3n) is 3.78. The maximum Gasteiger partial charge on any atom is 0.435 e. The van der Waals surface area contributed by atoms with Gasteiger partial charge in [-0.05, 0) is 36.8 Å². The van der Waals surface area contributed by atoms with Crippen LogP contribution >= 0.6 is 0 Å². The van der Waals surface area contributed by atoms with Crippen molar-refractivity contribution in [1.29, 1.82) is 0 Å². The number of nitrogens with zero attached hydrogens (tertiary/aromatic N) is 2. The van der Waals surface area contributed by atoms with Crippen molar-refractivity contribution in [3.05, 3.63) is 66.0 Å². The van der Waals surface area contributed by atoms with Crippen molar-refractivity contribution < 1.29 is 21.6 Å². The van der Waals surface area contributed by atoms with Gasteiger partial charge in [-0.3, -0.25) is 0 Å². The summed E-state index contributed by atoms with van der Waals surface area (Å²) in [5, 5.41) is 8.67. The van der Waals surface area contributed by atoms with Gasteiger partial charge >= 0.3 is 6.18 Å². The minimum atomic E-state index is -4.63. The molecule has 0 aliphatic carbocycles. The van der Waals surface area contributed by atoms with E-state index in [2.05, 4.69) is 5.10 Å². The molecule has 0 radical (unpaired) electrons. The first kappa shape index (κ1) is 18.2. The van der Waals surface area contributed by atoms with E-state index in [4.69, 9.17) is 5.14 Å². The highest BCUT2D eigenvalue weighted by Gasteiger charge is 2.37. The minimum Gasteiger partial charge on any atom is -0.240 e. The summed E-state index contributed by atoms with van der Waals surface area (Å²) in [6.45, 7) is 1.84. The molecule has 0 aliphatic rings. The molecule has 0 saturated heterocycles. The van der Waals surface area contributed by atoms with Crippen molar-refractivity contribution >= 4 is 10.0 Å². The predicted octanol–water partition coefficient (Wildman–Crippen LogP) is 3.51. The molecule has 0 bridgehead atoms. The topological polar surface area (TPSA) is 78.0 Å². The maximum atomic E-state index is 13.4. The second kappa shape index (κ2) is 6.26. The lowest BCUT2D eigenvalue weighted by Crippen LogP contribution is -2.12. The number of aromatic nitrogens is 2. The normalized spacial score (nSPS) is 12.3. The highest BCUT2D eigenvalue weighted by atomic mass is 32.2. The first-order valence-electron chi connectivity index (χ1n) is 7.43. The van der Waals surface area contributed by atoms with Crippen LogP contribution in [0.15, 0.2) is 59.6 Å². The molecule has 5 nitrogen and oxygen atoms in total. The molecule has 0 spiro atoms. The number of halogens is 3. The van der Waals surface area contributed by atoms with Crippen LogP contribution in [-0.4, -0.2) is 18.2 Å². The van der Waals surface area contributed by atoms with Crippen molar-refractivity contribution in [3.63, 3.8) is 0 Å². The lowest BCUT2D eigenvalue weighted by Gasteiger charge is -2.06. The van der Waals surface area contributed by atoms with Crippen LogP contribution in [0, 0.1) is 6.92 Å². The first-order chi connectivity index (χ1) is 12.1. The average molecular weight is 381 g/mol. The van der Waals surface area contributed by atoms with Crippen LogP contribution in [0.3, 0.4) is 0 Å². The predicted molar refractivity (Wildman–Crippen MR) is 90.1 cm³/mol. The maximum absolute atomic E-state index is 13.4. The summed E-state index contributed by atoms with van der Waals surface area (Å²) in [5.74, 6) is 0. The quantitative estimate of drug-likeness (QED) is 0.754. The van der Waals surface area contributed by atoms with Crippen LogP contribution in [0.4, 0.5) is 13.2 Å². The van der Waals surface area contributed by atoms with Crippen LogP contribution in [0.2, 0.25) is 0 Å². The summed E-state index contributed by atoms with van der Waals surface area (Å²) in [7, 11) is -3.88. The van der Waals surface area contributed by atoms with E-state index in [0.717, 1.165) is 10.2 Å². The number of hydrogen-bond donors (Lipinski definition) is 1. The molecule has 0 amide bonds. The van der Waals surface area contributed by atoms with Gasteiger partial charge in [0.05, 0.1) is 10.6 Å². The van der Waals surface area contributed by atoms with Gasteiger partial charge in [0.25, 0.3) is 0 Å². The fraction of sp³-hybridized carbons (Fsp3) is 0.118. The van der Waals surface area contributed by atoms with Crippen molar-refractivity contribution in [2.75, 3.05) is 0 Å². The average Bonchev–Trinajstić information content (AvgIpc) is 3.00. The Hall–Kier alpha value is -2.65. The molecule has 9 heteroatoms. The minimum absolute atomic E-state index is 0.0620. The lowest BCUT2D eigenvalue weighted by molar-refractivity contribution is -0.140. The fourth-order valence-electron chi connectivity index (χ4n) is 2.45. The molecule has 0 aliphatic heterocycles. The molecule has 0 fully saturated rings. The Balaban J connectivity index is 2.11. The third-order valence-corrected chi connectivity index (χ3v) is 4.70. The van der Waals surface area contributed by atoms with Gasteiger partial charge in [0, 0.05) is 11.8 Å². The second-order valence-electron chi connectivity index (χ2n) is 5.74. The number of aryl methyl sites for hydroxylation is 1. The molecular weight excluding hydrogens is 367 g/mol. The molecule has 2 aromatic carbocycles. The Kier molecular flexibility index (Phi) is 4.37. The first-order valence-corrected chi connectivity index (χ1v) is 8.97. The van der Waals surface area contributed by atoms with Gasteiger partial charge in [-0.15, -0.1) is 0 Å². The van der Waals surface area contributed by atoms with Crippen molar-refractivity contribution in [2.24, 2.45) is 5.14 Å². The number of benzene rings is 2. The van der Waals surface area contributed by atoms with Crippen LogP contribution in [-0.2, 0) is 16.2 Å². The van der Waals surface area contributed by atoms with Crippen LogP contribution < -0.4 is 5.14 Å². The summed E-state index contributed by atoms with van der Waals surface area (Å²) in [5.41, 5.74) is 0.509. The molecule has 0 atom stereocenters. The smallest absolute Gasteiger partial charge is 0.240 e. The SMILES string of the molecule is Cc1ccc(-c2cn(-c3ccc(S(N)(=O)=O)cc3)nc2C(F)(F)F)cc1. The highest BCUT2D eigenvalue weighted by molar-refractivity contribution is 7.89. The van der Waals surface area contributed by atoms with E-state index in [1.54, 1.807) is 24.3 Å². The molecule has 0 saturated carbocycles. The van der Waals surface area contributed by atoms with E-state index in [1.165, 1.54) is 30.5 Å². The number of primary sulfonamides is 1. The van der Waals surface area contributed by atoms with E-state index < -0.39 is 21.9 Å². The Bertz CT molecular complexity index is 1040.